The summed E-state index contributed by atoms with van der Waals surface area (Å²) in [5.41, 5.74) is 3.54. The van der Waals surface area contributed by atoms with Gasteiger partial charge in [0.05, 0.1) is 16.1 Å². The smallest absolute Gasteiger partial charge is 0.348 e. The summed E-state index contributed by atoms with van der Waals surface area (Å²) in [7, 11) is 0. The van der Waals surface area contributed by atoms with Gasteiger partial charge in [0.2, 0.25) is 0 Å². The number of hydrogen-bond donors (Lipinski definition) is 2. The summed E-state index contributed by atoms with van der Waals surface area (Å²) in [6.07, 6.45) is 3.70. The number of carboxylic acid groups (broad SMARTS) is 1. The van der Waals surface area contributed by atoms with Gasteiger partial charge in [-0.1, -0.05) is 0 Å². The highest BCUT2D eigenvalue weighted by Gasteiger charge is 2.45. The normalized spacial score (nSPS) is 16.8. The number of carbonyl (C=O) groups is 3. The highest BCUT2D eigenvalue weighted by molar-refractivity contribution is 7.17. The predicted molar refractivity (Wildman–Crippen MR) is 168 cm³/mol. The first-order valence-corrected chi connectivity index (χ1v) is 15.6. The predicted octanol–water partition coefficient (Wildman–Crippen LogP) is 5.42. The average Bonchev–Trinajstić information content (AvgIpc) is 3.27. The third kappa shape index (κ3) is 5.23. The molecule has 45 heavy (non-hydrogen) atoms. The molecule has 7 rings (SSSR count). The number of anilines is 3. The molecule has 0 bridgehead atoms. The van der Waals surface area contributed by atoms with Crippen LogP contribution >= 0.6 is 11.3 Å². The Morgan fingerprint density at radius 1 is 1.07 bits per heavy atom. The minimum absolute atomic E-state index is 0.139. The van der Waals surface area contributed by atoms with Crippen LogP contribution in [0.3, 0.4) is 0 Å². The molecule has 0 radical (unpaired) electrons. The molecule has 1 aromatic carbocycles. The number of pyridine rings is 2. The van der Waals surface area contributed by atoms with Gasteiger partial charge in [0, 0.05) is 67.0 Å². The molecule has 230 valence electrons. The number of amides is 2. The van der Waals surface area contributed by atoms with Crippen LogP contribution in [0.15, 0.2) is 54.7 Å². The van der Waals surface area contributed by atoms with Crippen LogP contribution in [0.1, 0.15) is 54.5 Å². The van der Waals surface area contributed by atoms with Crippen molar-refractivity contribution < 1.29 is 28.6 Å². The number of aromatic nitrogens is 2. The zero-order valence-electron chi connectivity index (χ0n) is 24.5. The Bertz CT molecular complexity index is 1830. The number of benzene rings is 1. The zero-order valence-corrected chi connectivity index (χ0v) is 25.3. The van der Waals surface area contributed by atoms with E-state index >= 15 is 4.39 Å². The lowest BCUT2D eigenvalue weighted by molar-refractivity contribution is -0.000520. The molecule has 2 N–H and O–H groups in total. The van der Waals surface area contributed by atoms with Gasteiger partial charge in [0.25, 0.3) is 11.8 Å². The minimum Gasteiger partial charge on any atom is -0.477 e. The van der Waals surface area contributed by atoms with Crippen LogP contribution in [-0.4, -0.2) is 65.7 Å². The fourth-order valence-corrected chi connectivity index (χ4v) is 7.46. The van der Waals surface area contributed by atoms with Crippen LogP contribution in [0.25, 0.3) is 10.6 Å². The zero-order chi connectivity index (χ0) is 31.3. The van der Waals surface area contributed by atoms with E-state index in [4.69, 9.17) is 9.72 Å². The highest BCUT2D eigenvalue weighted by atomic mass is 32.1. The van der Waals surface area contributed by atoms with Crippen molar-refractivity contribution in [2.75, 3.05) is 48.0 Å². The number of nitrogens with zero attached hydrogens (tertiary/aromatic N) is 4. The Balaban J connectivity index is 1.08. The lowest BCUT2D eigenvalue weighted by atomic mass is 9.73. The van der Waals surface area contributed by atoms with Crippen molar-refractivity contribution in [2.45, 2.75) is 26.2 Å². The van der Waals surface area contributed by atoms with Gasteiger partial charge in [-0.2, -0.15) is 0 Å². The van der Waals surface area contributed by atoms with E-state index in [1.807, 2.05) is 13.0 Å². The molecule has 2 amide bonds. The second-order valence-corrected chi connectivity index (χ2v) is 12.8. The van der Waals surface area contributed by atoms with Gasteiger partial charge in [-0.3, -0.25) is 14.6 Å². The van der Waals surface area contributed by atoms with E-state index in [0.717, 1.165) is 56.2 Å². The molecular weight excluding hydrogens is 597 g/mol. The van der Waals surface area contributed by atoms with Crippen LogP contribution in [-0.2, 0) is 11.2 Å². The summed E-state index contributed by atoms with van der Waals surface area (Å²) in [6.45, 7) is 5.28. The van der Waals surface area contributed by atoms with E-state index in [1.165, 1.54) is 11.1 Å². The Kier molecular flexibility index (Phi) is 7.33. The number of hydrogen-bond acceptors (Lipinski definition) is 8. The Labute approximate surface area is 262 Å². The molecule has 0 aliphatic carbocycles. The monoisotopic (exact) mass is 627 g/mol. The second kappa shape index (κ2) is 11.4. The van der Waals surface area contributed by atoms with Gasteiger partial charge in [-0.15, -0.1) is 11.3 Å². The van der Waals surface area contributed by atoms with Crippen LogP contribution in [0.4, 0.5) is 21.6 Å². The molecule has 2 fully saturated rings. The molecule has 0 unspecified atom stereocenters. The van der Waals surface area contributed by atoms with Gasteiger partial charge < -0.3 is 25.0 Å². The standard InChI is InChI=1S/C33H30FN5O5S/c1-19-4-9-23(29(36-19)38-17-33(18-38)11-15-44-16-12-33)30(40)37-21-7-5-20(6-8-21)31(41)39-14-10-22-25(34)28(32(42)43)45-27(22)26-24(39)3-2-13-35-26/h2-9,13H,10-12,14-18H2,1H3,(H,37,40)(H,42,43). The molecule has 0 atom stereocenters. The number of carboxylic acids is 1. The molecule has 4 aromatic rings. The Morgan fingerprint density at radius 3 is 2.56 bits per heavy atom. The number of ether oxygens (including phenoxy) is 1. The van der Waals surface area contributed by atoms with Crippen LogP contribution in [0, 0.1) is 18.2 Å². The van der Waals surface area contributed by atoms with Crippen molar-refractivity contribution in [2.24, 2.45) is 5.41 Å². The number of halogens is 1. The van der Waals surface area contributed by atoms with Gasteiger partial charge in [-0.25, -0.2) is 14.2 Å². The molecule has 3 aromatic heterocycles. The van der Waals surface area contributed by atoms with E-state index in [-0.39, 0.29) is 40.6 Å². The first-order valence-electron chi connectivity index (χ1n) is 14.8. The molecule has 3 aliphatic rings. The third-order valence-corrected chi connectivity index (χ3v) is 10.0. The van der Waals surface area contributed by atoms with Gasteiger partial charge in [-0.05, 0) is 74.7 Å². The summed E-state index contributed by atoms with van der Waals surface area (Å²) >= 11 is 0.828. The van der Waals surface area contributed by atoms with E-state index in [9.17, 15) is 19.5 Å². The first-order chi connectivity index (χ1) is 21.7. The molecule has 10 nitrogen and oxygen atoms in total. The first kappa shape index (κ1) is 29.1. The fourth-order valence-electron chi connectivity index (χ4n) is 6.39. The van der Waals surface area contributed by atoms with E-state index in [1.54, 1.807) is 42.5 Å². The van der Waals surface area contributed by atoms with Crippen LogP contribution in [0.5, 0.6) is 0 Å². The van der Waals surface area contributed by atoms with Crippen molar-refractivity contribution in [1.29, 1.82) is 0 Å². The molecule has 6 heterocycles. The molecule has 12 heteroatoms. The number of fused-ring (bicyclic) bond motifs is 3. The Morgan fingerprint density at radius 2 is 1.82 bits per heavy atom. The van der Waals surface area contributed by atoms with Crippen LogP contribution < -0.4 is 15.1 Å². The molecular formula is C33H30FN5O5S. The van der Waals surface area contributed by atoms with Gasteiger partial charge in [0.15, 0.2) is 5.82 Å². The second-order valence-electron chi connectivity index (χ2n) is 11.8. The lowest BCUT2D eigenvalue weighted by Crippen LogP contribution is -2.59. The molecule has 2 saturated heterocycles. The lowest BCUT2D eigenvalue weighted by Gasteiger charge is -2.53. The number of nitrogens with one attached hydrogen (secondary N) is 1. The van der Waals surface area contributed by atoms with Crippen molar-refractivity contribution in [1.82, 2.24) is 9.97 Å². The van der Waals surface area contributed by atoms with Gasteiger partial charge in [0.1, 0.15) is 16.4 Å². The summed E-state index contributed by atoms with van der Waals surface area (Å²) in [5.74, 6) is -2.04. The third-order valence-electron chi connectivity index (χ3n) is 8.81. The van der Waals surface area contributed by atoms with Crippen molar-refractivity contribution in [3.8, 4) is 10.6 Å². The quantitative estimate of drug-likeness (QED) is 0.301. The summed E-state index contributed by atoms with van der Waals surface area (Å²) in [6, 6.07) is 13.6. The van der Waals surface area contributed by atoms with E-state index in [2.05, 4.69) is 15.2 Å². The maximum Gasteiger partial charge on any atom is 0.348 e. The van der Waals surface area contributed by atoms with E-state index < -0.39 is 11.8 Å². The number of aromatic carboxylic acids is 1. The SMILES string of the molecule is Cc1ccc(C(=O)Nc2ccc(C(=O)N3CCc4c(sc(C(=O)O)c4F)-c4ncccc43)cc2)c(N2CC3(CCOCC3)C2)n1. The number of thiophene rings is 1. The van der Waals surface area contributed by atoms with E-state index in [0.29, 0.717) is 38.9 Å². The van der Waals surface area contributed by atoms with Crippen molar-refractivity contribution in [3.05, 3.63) is 87.8 Å². The average molecular weight is 628 g/mol. The summed E-state index contributed by atoms with van der Waals surface area (Å²) in [5, 5.41) is 12.4. The minimum atomic E-state index is -1.33. The number of aryl methyl sites for hydroxylation is 1. The van der Waals surface area contributed by atoms with Crippen molar-refractivity contribution >= 4 is 46.3 Å². The summed E-state index contributed by atoms with van der Waals surface area (Å²) in [4.78, 5) is 51.6. The van der Waals surface area contributed by atoms with Crippen LogP contribution in [0.2, 0.25) is 0 Å². The number of rotatable bonds is 5. The maximum atomic E-state index is 15.0. The summed E-state index contributed by atoms with van der Waals surface area (Å²) < 4.78 is 20.5. The molecule has 3 aliphatic heterocycles. The maximum absolute atomic E-state index is 15.0. The Hall–Kier alpha value is -4.68. The topological polar surface area (TPSA) is 125 Å². The molecule has 1 spiro atoms. The fraction of sp³-hybridized carbons (Fsp3) is 0.303. The number of carbonyl (C=O) groups excluding carboxylic acids is 2. The highest BCUT2D eigenvalue weighted by Crippen LogP contribution is 2.43. The van der Waals surface area contributed by atoms with Crippen molar-refractivity contribution in [3.63, 3.8) is 0 Å². The largest absolute Gasteiger partial charge is 0.477 e. The molecule has 0 saturated carbocycles. The van der Waals surface area contributed by atoms with Gasteiger partial charge >= 0.3 is 5.97 Å².